The predicted molar refractivity (Wildman–Crippen MR) is 71.1 cm³/mol. The maximum absolute atomic E-state index is 10.5. The van der Waals surface area contributed by atoms with E-state index in [9.17, 15) is 9.13 Å². The van der Waals surface area contributed by atoms with Gasteiger partial charge in [-0.05, 0) is 12.0 Å². The third-order valence-electron chi connectivity index (χ3n) is 1.93. The zero-order valence-electron chi connectivity index (χ0n) is 10.2. The first-order valence-corrected chi connectivity index (χ1v) is 8.97. The van der Waals surface area contributed by atoms with E-state index in [1.165, 1.54) is 0 Å². The lowest BCUT2D eigenvalue weighted by Crippen LogP contribution is -1.92. The Labute approximate surface area is 111 Å². The van der Waals surface area contributed by atoms with Crippen LogP contribution >= 0.6 is 15.2 Å². The van der Waals surface area contributed by atoms with Crippen molar-refractivity contribution in [3.8, 4) is 0 Å². The van der Waals surface area contributed by atoms with Gasteiger partial charge in [-0.25, -0.2) is 0 Å². The molecular formula is C10H18O7P2. The van der Waals surface area contributed by atoms with Crippen molar-refractivity contribution >= 4 is 15.2 Å². The van der Waals surface area contributed by atoms with Gasteiger partial charge in [-0.15, -0.1) is 0 Å². The van der Waals surface area contributed by atoms with Gasteiger partial charge in [0.05, 0.1) is 18.9 Å². The first-order chi connectivity index (χ1) is 8.64. The van der Waals surface area contributed by atoms with Gasteiger partial charge >= 0.3 is 15.2 Å². The molecule has 5 N–H and O–H groups in total. The number of aryl methyl sites for hydroxylation is 1. The second-order valence-corrected chi connectivity index (χ2v) is 7.29. The smallest absolute Gasteiger partial charge is 0.327 e. The molecule has 0 heterocycles. The third-order valence-corrected chi connectivity index (χ3v) is 3.51. The molecule has 0 amide bonds. The third kappa shape index (κ3) is 13.7. The van der Waals surface area contributed by atoms with Gasteiger partial charge in [-0.3, -0.25) is 9.13 Å². The molecule has 0 aliphatic carbocycles. The van der Waals surface area contributed by atoms with Crippen molar-refractivity contribution in [1.29, 1.82) is 0 Å². The first kappa shape index (κ1) is 18.5. The molecule has 1 rings (SSSR count). The Balaban J connectivity index is 0.000000399. The van der Waals surface area contributed by atoms with Crippen LogP contribution in [0.5, 0.6) is 0 Å². The van der Waals surface area contributed by atoms with Gasteiger partial charge in [-0.2, -0.15) is 0 Å². The van der Waals surface area contributed by atoms with Crippen molar-refractivity contribution in [2.45, 2.75) is 6.42 Å². The van der Waals surface area contributed by atoms with Crippen molar-refractivity contribution in [3.63, 3.8) is 0 Å². The lowest BCUT2D eigenvalue weighted by Gasteiger charge is -2.02. The molecule has 19 heavy (non-hydrogen) atoms. The maximum Gasteiger partial charge on any atom is 0.327 e. The average molecular weight is 312 g/mol. The monoisotopic (exact) mass is 312 g/mol. The van der Waals surface area contributed by atoms with Gasteiger partial charge in [0.2, 0.25) is 0 Å². The molecule has 0 atom stereocenters. The summed E-state index contributed by atoms with van der Waals surface area (Å²) in [4.78, 5) is 33.1. The van der Waals surface area contributed by atoms with E-state index < -0.39 is 28.0 Å². The molecule has 1 aromatic carbocycles. The van der Waals surface area contributed by atoms with Gasteiger partial charge in [0.25, 0.3) is 0 Å². The summed E-state index contributed by atoms with van der Waals surface area (Å²) in [5.41, 5.74) is 0.959. The van der Waals surface area contributed by atoms with Crippen molar-refractivity contribution < 1.29 is 33.8 Å². The number of aliphatic hydroxyl groups is 1. The van der Waals surface area contributed by atoms with E-state index in [0.29, 0.717) is 6.42 Å². The number of rotatable bonds is 5. The van der Waals surface area contributed by atoms with E-state index in [-0.39, 0.29) is 6.16 Å². The van der Waals surface area contributed by atoms with Crippen molar-refractivity contribution in [1.82, 2.24) is 0 Å². The van der Waals surface area contributed by atoms with E-state index in [1.807, 2.05) is 30.3 Å². The lowest BCUT2D eigenvalue weighted by atomic mass is 10.2. The molecule has 110 valence electrons. The maximum atomic E-state index is 10.5. The largest absolute Gasteiger partial charge is 0.396 e. The minimum Gasteiger partial charge on any atom is -0.396 e. The Morgan fingerprint density at radius 2 is 1.32 bits per heavy atom. The highest BCUT2D eigenvalue weighted by molar-refractivity contribution is 7.52. The van der Waals surface area contributed by atoms with E-state index in [4.69, 9.17) is 24.7 Å². The molecule has 0 bridgehead atoms. The topological polar surface area (TPSA) is 135 Å². The lowest BCUT2D eigenvalue weighted by molar-refractivity contribution is 0.299. The highest BCUT2D eigenvalue weighted by atomic mass is 31.2. The summed E-state index contributed by atoms with van der Waals surface area (Å²) in [5, 5.41) is 7.91. The van der Waals surface area contributed by atoms with Gasteiger partial charge in [0.15, 0.2) is 0 Å². The van der Waals surface area contributed by atoms with E-state index in [1.54, 1.807) is 0 Å². The number of hydrogen-bond donors (Lipinski definition) is 5. The summed E-state index contributed by atoms with van der Waals surface area (Å²) in [6.45, 7) is -0.454. The molecule has 0 aliphatic heterocycles. The van der Waals surface area contributed by atoms with Gasteiger partial charge < -0.3 is 24.7 Å². The highest BCUT2D eigenvalue weighted by Gasteiger charge is 2.11. The zero-order valence-corrected chi connectivity index (χ0v) is 12.0. The zero-order chi connectivity index (χ0) is 14.9. The molecule has 7 nitrogen and oxygen atoms in total. The average Bonchev–Trinajstić information content (AvgIpc) is 2.26. The fourth-order valence-electron chi connectivity index (χ4n) is 1.05. The van der Waals surface area contributed by atoms with Crippen LogP contribution in [0.25, 0.3) is 0 Å². The molecule has 0 aliphatic rings. The van der Waals surface area contributed by atoms with E-state index >= 15 is 0 Å². The number of hydrogen-bond acceptors (Lipinski definition) is 3. The van der Waals surface area contributed by atoms with Gasteiger partial charge in [0.1, 0.15) is 0 Å². The Hall–Kier alpha value is -0.520. The quantitative estimate of drug-likeness (QED) is 0.501. The van der Waals surface area contributed by atoms with Crippen molar-refractivity contribution in [3.05, 3.63) is 35.9 Å². The van der Waals surface area contributed by atoms with Crippen molar-refractivity contribution in [2.24, 2.45) is 0 Å². The summed E-state index contributed by atoms with van der Waals surface area (Å²) in [6.07, 6.45) is -0.0743. The molecule has 9 heteroatoms. The molecule has 0 spiro atoms. The van der Waals surface area contributed by atoms with Crippen LogP contribution in [0.15, 0.2) is 30.3 Å². The Morgan fingerprint density at radius 1 is 0.842 bits per heavy atom. The molecule has 0 unspecified atom stereocenters. The Morgan fingerprint density at radius 3 is 1.63 bits per heavy atom. The minimum absolute atomic E-state index is 0.0724. The fourth-order valence-corrected chi connectivity index (χ4v) is 1.86. The van der Waals surface area contributed by atoms with Crippen LogP contribution in [0, 0.1) is 0 Å². The summed E-state index contributed by atoms with van der Waals surface area (Å²) >= 11 is 0. The molecule has 0 saturated heterocycles. The molecule has 0 saturated carbocycles. The van der Waals surface area contributed by atoms with Crippen LogP contribution in [-0.4, -0.2) is 43.6 Å². The molecule has 0 fully saturated rings. The Kier molecular flexibility index (Phi) is 8.38. The number of aliphatic hydroxyl groups excluding tert-OH is 1. The van der Waals surface area contributed by atoms with Crippen molar-refractivity contribution in [2.75, 3.05) is 18.9 Å². The molecule has 1 aromatic rings. The minimum atomic E-state index is -3.92. The second kappa shape index (κ2) is 8.61. The van der Waals surface area contributed by atoms with Crippen LogP contribution in [0.3, 0.4) is 0 Å². The molecule has 0 radical (unpaired) electrons. The Bertz CT molecular complexity index is 436. The van der Waals surface area contributed by atoms with Crippen LogP contribution in [0.2, 0.25) is 0 Å². The van der Waals surface area contributed by atoms with Gasteiger partial charge in [-0.1, -0.05) is 30.3 Å². The SMILES string of the molecule is O=P(O)(O)CCO.O=P(O)(O)CCc1ccccc1. The fraction of sp³-hybridized carbons (Fsp3) is 0.400. The van der Waals surface area contributed by atoms with E-state index in [0.717, 1.165) is 5.56 Å². The predicted octanol–water partition coefficient (Wildman–Crippen LogP) is 0.563. The second-order valence-electron chi connectivity index (χ2n) is 3.74. The summed E-state index contributed by atoms with van der Waals surface area (Å²) in [5.74, 6) is 0. The van der Waals surface area contributed by atoms with E-state index in [2.05, 4.69) is 0 Å². The summed E-state index contributed by atoms with van der Waals surface area (Å²) in [7, 11) is -7.75. The first-order valence-electron chi connectivity index (χ1n) is 5.38. The molecule has 0 aromatic heterocycles. The van der Waals surface area contributed by atoms with Crippen LogP contribution < -0.4 is 0 Å². The highest BCUT2D eigenvalue weighted by Crippen LogP contribution is 2.34. The normalized spacial score (nSPS) is 11.6. The van der Waals surface area contributed by atoms with Gasteiger partial charge in [0, 0.05) is 0 Å². The standard InChI is InChI=1S/C8H11O3P.C2H7O4P/c9-12(10,11)7-6-8-4-2-1-3-5-8;3-1-2-7(4,5)6/h1-5H,6-7H2,(H2,9,10,11);3H,1-2H2,(H2,4,5,6). The molecular weight excluding hydrogens is 294 g/mol. The summed E-state index contributed by atoms with van der Waals surface area (Å²) in [6, 6.07) is 9.30. The summed E-state index contributed by atoms with van der Waals surface area (Å²) < 4.78 is 20.3. The van der Waals surface area contributed by atoms with Crippen LogP contribution in [0.4, 0.5) is 0 Å². The number of benzene rings is 1. The van der Waals surface area contributed by atoms with Crippen LogP contribution in [-0.2, 0) is 15.6 Å². The van der Waals surface area contributed by atoms with Crippen LogP contribution in [0.1, 0.15) is 5.56 Å².